The summed E-state index contributed by atoms with van der Waals surface area (Å²) in [7, 11) is 0. The average molecular weight is 329 g/mol. The van der Waals surface area contributed by atoms with E-state index in [1.165, 1.54) is 0 Å². The third kappa shape index (κ3) is 4.15. The van der Waals surface area contributed by atoms with Gasteiger partial charge >= 0.3 is 0 Å². The van der Waals surface area contributed by atoms with Gasteiger partial charge < -0.3 is 16.0 Å². The molecule has 2 fully saturated rings. The van der Waals surface area contributed by atoms with Crippen molar-refractivity contribution in [2.24, 2.45) is 17.8 Å². The van der Waals surface area contributed by atoms with Gasteiger partial charge in [-0.15, -0.1) is 0 Å². The summed E-state index contributed by atoms with van der Waals surface area (Å²) in [4.78, 5) is 24.4. The van der Waals surface area contributed by atoms with Crippen LogP contribution in [-0.4, -0.2) is 24.9 Å². The summed E-state index contributed by atoms with van der Waals surface area (Å²) in [5.41, 5.74) is 1.82. The molecule has 3 rings (SSSR count). The van der Waals surface area contributed by atoms with E-state index in [0.29, 0.717) is 12.5 Å². The fraction of sp³-hybridized carbons (Fsp3) is 0.579. The number of carbonyl (C=O) groups is 2. The van der Waals surface area contributed by atoms with E-state index < -0.39 is 0 Å². The van der Waals surface area contributed by atoms with E-state index in [0.717, 1.165) is 50.0 Å². The molecular weight excluding hydrogens is 302 g/mol. The normalized spacial score (nSPS) is 19.5. The van der Waals surface area contributed by atoms with Crippen LogP contribution in [0.4, 0.5) is 5.69 Å². The quantitative estimate of drug-likeness (QED) is 0.750. The van der Waals surface area contributed by atoms with Gasteiger partial charge in [0.2, 0.25) is 11.8 Å². The molecule has 1 atom stereocenters. The van der Waals surface area contributed by atoms with Crippen LogP contribution in [0, 0.1) is 17.8 Å². The molecule has 3 N–H and O–H groups in total. The number of hydrogen-bond donors (Lipinski definition) is 3. The van der Waals surface area contributed by atoms with E-state index in [1.54, 1.807) is 0 Å². The van der Waals surface area contributed by atoms with Crippen molar-refractivity contribution in [3.63, 3.8) is 0 Å². The minimum absolute atomic E-state index is 0.0384. The molecule has 1 saturated heterocycles. The van der Waals surface area contributed by atoms with Crippen LogP contribution in [0.15, 0.2) is 24.3 Å². The van der Waals surface area contributed by atoms with Crippen LogP contribution < -0.4 is 16.0 Å². The molecule has 1 unspecified atom stereocenters. The Bertz CT molecular complexity index is 592. The first-order valence-electron chi connectivity index (χ1n) is 9.01. The van der Waals surface area contributed by atoms with Crippen molar-refractivity contribution in [1.82, 2.24) is 10.6 Å². The molecule has 24 heavy (non-hydrogen) atoms. The lowest BCUT2D eigenvalue weighted by Crippen LogP contribution is -2.49. The predicted molar refractivity (Wildman–Crippen MR) is 94.4 cm³/mol. The van der Waals surface area contributed by atoms with Gasteiger partial charge in [-0.3, -0.25) is 9.59 Å². The van der Waals surface area contributed by atoms with Crippen LogP contribution in [-0.2, 0) is 16.1 Å². The van der Waals surface area contributed by atoms with E-state index in [4.69, 9.17) is 0 Å². The van der Waals surface area contributed by atoms with Gasteiger partial charge in [-0.2, -0.15) is 0 Å². The molecule has 1 aromatic rings. The van der Waals surface area contributed by atoms with Gasteiger partial charge in [-0.05, 0) is 49.5 Å². The van der Waals surface area contributed by atoms with Crippen LogP contribution >= 0.6 is 0 Å². The number of rotatable bonds is 6. The van der Waals surface area contributed by atoms with Crippen molar-refractivity contribution in [3.8, 4) is 0 Å². The molecule has 2 amide bonds. The third-order valence-electron chi connectivity index (χ3n) is 5.32. The average Bonchev–Trinajstić information content (AvgIpc) is 3.06. The van der Waals surface area contributed by atoms with Crippen LogP contribution in [0.3, 0.4) is 0 Å². The molecule has 5 nitrogen and oxygen atoms in total. The summed E-state index contributed by atoms with van der Waals surface area (Å²) in [6.45, 7) is 4.34. The van der Waals surface area contributed by atoms with Crippen LogP contribution in [0.1, 0.15) is 38.2 Å². The maximum Gasteiger partial charge on any atom is 0.227 e. The molecule has 1 saturated carbocycles. The van der Waals surface area contributed by atoms with Gasteiger partial charge in [0.25, 0.3) is 0 Å². The second-order valence-electron chi connectivity index (χ2n) is 7.10. The standard InChI is InChI=1S/C19H27N3O2/c1-13(16-11-20-12-16)18(23)21-10-14-5-4-8-17(9-14)22-19(24)15-6-2-3-7-15/h4-5,8-9,13,15-16,20H,2-3,6-7,10-12H2,1H3,(H,21,23)(H,22,24). The monoisotopic (exact) mass is 329 g/mol. The Morgan fingerprint density at radius 1 is 1.25 bits per heavy atom. The van der Waals surface area contributed by atoms with Gasteiger partial charge in [0, 0.05) is 24.1 Å². The molecule has 1 aliphatic heterocycles. The largest absolute Gasteiger partial charge is 0.352 e. The van der Waals surface area contributed by atoms with E-state index >= 15 is 0 Å². The fourth-order valence-corrected chi connectivity index (χ4v) is 3.42. The van der Waals surface area contributed by atoms with Gasteiger partial charge in [-0.1, -0.05) is 31.9 Å². The smallest absolute Gasteiger partial charge is 0.227 e. The summed E-state index contributed by atoms with van der Waals surface area (Å²) in [6.07, 6.45) is 4.29. The lowest BCUT2D eigenvalue weighted by molar-refractivity contribution is -0.126. The first-order chi connectivity index (χ1) is 11.6. The Morgan fingerprint density at radius 3 is 2.67 bits per heavy atom. The summed E-state index contributed by atoms with van der Waals surface area (Å²) < 4.78 is 0. The maximum atomic E-state index is 12.2. The highest BCUT2D eigenvalue weighted by molar-refractivity contribution is 5.92. The first kappa shape index (κ1) is 17.0. The Kier molecular flexibility index (Phi) is 5.51. The summed E-state index contributed by atoms with van der Waals surface area (Å²) in [5, 5.41) is 9.21. The summed E-state index contributed by atoms with van der Waals surface area (Å²) in [6, 6.07) is 7.75. The van der Waals surface area contributed by atoms with Crippen molar-refractivity contribution in [2.75, 3.05) is 18.4 Å². The molecule has 0 radical (unpaired) electrons. The Morgan fingerprint density at radius 2 is 2.00 bits per heavy atom. The number of anilines is 1. The zero-order valence-electron chi connectivity index (χ0n) is 14.3. The molecular formula is C19H27N3O2. The first-order valence-corrected chi connectivity index (χ1v) is 9.01. The molecule has 1 heterocycles. The molecule has 130 valence electrons. The SMILES string of the molecule is CC(C(=O)NCc1cccc(NC(=O)C2CCCC2)c1)C1CNC1. The van der Waals surface area contributed by atoms with Crippen LogP contribution in [0.2, 0.25) is 0 Å². The van der Waals surface area contributed by atoms with Crippen molar-refractivity contribution in [1.29, 1.82) is 0 Å². The number of nitrogens with one attached hydrogen (secondary N) is 3. The number of amides is 2. The van der Waals surface area contributed by atoms with Crippen molar-refractivity contribution >= 4 is 17.5 Å². The number of carbonyl (C=O) groups excluding carboxylic acids is 2. The lowest BCUT2D eigenvalue weighted by atomic mass is 9.88. The lowest BCUT2D eigenvalue weighted by Gasteiger charge is -2.31. The predicted octanol–water partition coefficient (Wildman–Crippen LogP) is 2.29. The Hall–Kier alpha value is -1.88. The highest BCUT2D eigenvalue weighted by atomic mass is 16.2. The van der Waals surface area contributed by atoms with Crippen molar-refractivity contribution in [3.05, 3.63) is 29.8 Å². The fourth-order valence-electron chi connectivity index (χ4n) is 3.42. The third-order valence-corrected chi connectivity index (χ3v) is 5.32. The van der Waals surface area contributed by atoms with E-state index in [9.17, 15) is 9.59 Å². The molecule has 1 aromatic carbocycles. The van der Waals surface area contributed by atoms with E-state index in [-0.39, 0.29) is 23.7 Å². The topological polar surface area (TPSA) is 70.2 Å². The van der Waals surface area contributed by atoms with Gasteiger partial charge in [0.1, 0.15) is 0 Å². The summed E-state index contributed by atoms with van der Waals surface area (Å²) >= 11 is 0. The Labute approximate surface area is 143 Å². The van der Waals surface area contributed by atoms with Crippen LogP contribution in [0.25, 0.3) is 0 Å². The number of hydrogen-bond acceptors (Lipinski definition) is 3. The molecule has 0 spiro atoms. The minimum Gasteiger partial charge on any atom is -0.352 e. The number of benzene rings is 1. The second kappa shape index (κ2) is 7.79. The second-order valence-corrected chi connectivity index (χ2v) is 7.10. The molecule has 0 bridgehead atoms. The Balaban J connectivity index is 1.51. The van der Waals surface area contributed by atoms with Gasteiger partial charge in [0.15, 0.2) is 0 Å². The molecule has 0 aromatic heterocycles. The molecule has 1 aliphatic carbocycles. The molecule has 2 aliphatic rings. The minimum atomic E-state index is 0.0384. The highest BCUT2D eigenvalue weighted by Gasteiger charge is 2.28. The van der Waals surface area contributed by atoms with Crippen molar-refractivity contribution in [2.45, 2.75) is 39.2 Å². The van der Waals surface area contributed by atoms with E-state index in [1.807, 2.05) is 31.2 Å². The van der Waals surface area contributed by atoms with E-state index in [2.05, 4.69) is 16.0 Å². The highest BCUT2D eigenvalue weighted by Crippen LogP contribution is 2.26. The van der Waals surface area contributed by atoms with Crippen molar-refractivity contribution < 1.29 is 9.59 Å². The zero-order valence-corrected chi connectivity index (χ0v) is 14.3. The molecule has 5 heteroatoms. The van der Waals surface area contributed by atoms with Gasteiger partial charge in [-0.25, -0.2) is 0 Å². The van der Waals surface area contributed by atoms with Crippen LogP contribution in [0.5, 0.6) is 0 Å². The summed E-state index contributed by atoms with van der Waals surface area (Å²) in [5.74, 6) is 0.866. The zero-order chi connectivity index (χ0) is 16.9. The van der Waals surface area contributed by atoms with Gasteiger partial charge in [0.05, 0.1) is 0 Å². The maximum absolute atomic E-state index is 12.2.